The van der Waals surface area contributed by atoms with Crippen molar-refractivity contribution in [3.8, 4) is 0 Å². The minimum atomic E-state index is -0.222. The van der Waals surface area contributed by atoms with Crippen LogP contribution in [-0.2, 0) is 10.3 Å². The zero-order valence-electron chi connectivity index (χ0n) is 11.8. The Hall–Kier alpha value is -0.860. The lowest BCUT2D eigenvalue weighted by atomic mass is 9.80. The van der Waals surface area contributed by atoms with E-state index in [1.54, 1.807) is 0 Å². The van der Waals surface area contributed by atoms with Crippen LogP contribution in [0.3, 0.4) is 0 Å². The van der Waals surface area contributed by atoms with E-state index in [1.807, 2.05) is 0 Å². The van der Waals surface area contributed by atoms with Gasteiger partial charge in [0, 0.05) is 18.8 Å². The molecule has 0 saturated carbocycles. The summed E-state index contributed by atoms with van der Waals surface area (Å²) in [7, 11) is 0. The molecule has 1 fully saturated rings. The third-order valence-electron chi connectivity index (χ3n) is 4.22. The topological polar surface area (TPSA) is 35.2 Å². The summed E-state index contributed by atoms with van der Waals surface area (Å²) in [5.41, 5.74) is 10.3. The van der Waals surface area contributed by atoms with Crippen LogP contribution in [0.15, 0.2) is 18.2 Å². The highest BCUT2D eigenvalue weighted by Crippen LogP contribution is 2.31. The Morgan fingerprint density at radius 1 is 1.22 bits per heavy atom. The van der Waals surface area contributed by atoms with Crippen molar-refractivity contribution in [3.05, 3.63) is 34.9 Å². The van der Waals surface area contributed by atoms with Gasteiger partial charge in [0.2, 0.25) is 0 Å². The predicted octanol–water partition coefficient (Wildman–Crippen LogP) is 3.29. The van der Waals surface area contributed by atoms with E-state index in [-0.39, 0.29) is 5.54 Å². The fourth-order valence-corrected chi connectivity index (χ4v) is 2.76. The Bertz CT molecular complexity index is 406. The van der Waals surface area contributed by atoms with Crippen molar-refractivity contribution in [1.82, 2.24) is 0 Å². The van der Waals surface area contributed by atoms with Crippen LogP contribution in [0.2, 0.25) is 0 Å². The molecule has 1 heterocycles. The Morgan fingerprint density at radius 3 is 2.50 bits per heavy atom. The second kappa shape index (κ2) is 5.41. The molecule has 1 aliphatic rings. The van der Waals surface area contributed by atoms with Crippen molar-refractivity contribution in [2.75, 3.05) is 13.2 Å². The van der Waals surface area contributed by atoms with Gasteiger partial charge in [-0.15, -0.1) is 0 Å². The van der Waals surface area contributed by atoms with Crippen LogP contribution in [0.1, 0.15) is 42.9 Å². The zero-order valence-corrected chi connectivity index (χ0v) is 11.8. The fraction of sp³-hybridized carbons (Fsp3) is 0.625. The third-order valence-corrected chi connectivity index (χ3v) is 4.22. The van der Waals surface area contributed by atoms with Gasteiger partial charge in [-0.2, -0.15) is 0 Å². The highest BCUT2D eigenvalue weighted by atomic mass is 16.5. The molecule has 0 aromatic heterocycles. The largest absolute Gasteiger partial charge is 0.381 e. The summed E-state index contributed by atoms with van der Waals surface area (Å²) in [4.78, 5) is 0. The molecule has 1 saturated heterocycles. The van der Waals surface area contributed by atoms with E-state index < -0.39 is 0 Å². The lowest BCUT2D eigenvalue weighted by Gasteiger charge is -2.32. The summed E-state index contributed by atoms with van der Waals surface area (Å²) < 4.78 is 5.41. The van der Waals surface area contributed by atoms with Crippen molar-refractivity contribution in [2.24, 2.45) is 11.7 Å². The molecule has 1 atom stereocenters. The van der Waals surface area contributed by atoms with E-state index in [4.69, 9.17) is 10.5 Å². The van der Waals surface area contributed by atoms with Crippen LogP contribution in [0.4, 0.5) is 0 Å². The van der Waals surface area contributed by atoms with E-state index in [0.717, 1.165) is 32.5 Å². The maximum atomic E-state index is 6.55. The first-order chi connectivity index (χ1) is 8.49. The molecule has 2 N–H and O–H groups in total. The van der Waals surface area contributed by atoms with Gasteiger partial charge in [-0.25, -0.2) is 0 Å². The van der Waals surface area contributed by atoms with E-state index in [1.165, 1.54) is 16.7 Å². The van der Waals surface area contributed by atoms with Gasteiger partial charge in [0.1, 0.15) is 0 Å². The highest BCUT2D eigenvalue weighted by Gasteiger charge is 2.27. The van der Waals surface area contributed by atoms with E-state index in [2.05, 4.69) is 39.0 Å². The Balaban J connectivity index is 2.10. The molecule has 2 rings (SSSR count). The number of benzene rings is 1. The number of rotatable bonds is 3. The number of hydrogen-bond acceptors (Lipinski definition) is 2. The average Bonchev–Trinajstić information content (AvgIpc) is 2.33. The maximum absolute atomic E-state index is 6.55. The molecule has 1 aromatic rings. The first-order valence-corrected chi connectivity index (χ1v) is 6.93. The summed E-state index contributed by atoms with van der Waals surface area (Å²) >= 11 is 0. The summed E-state index contributed by atoms with van der Waals surface area (Å²) in [6.45, 7) is 8.25. The molecule has 2 nitrogen and oxygen atoms in total. The molecular formula is C16H25NO. The summed E-state index contributed by atoms with van der Waals surface area (Å²) in [5, 5.41) is 0. The molecule has 1 unspecified atom stereocenters. The zero-order chi connectivity index (χ0) is 13.2. The maximum Gasteiger partial charge on any atom is 0.0468 e. The van der Waals surface area contributed by atoms with E-state index >= 15 is 0 Å². The van der Waals surface area contributed by atoms with Crippen molar-refractivity contribution in [1.29, 1.82) is 0 Å². The molecule has 2 heteroatoms. The van der Waals surface area contributed by atoms with E-state index in [0.29, 0.717) is 5.92 Å². The van der Waals surface area contributed by atoms with Gasteiger partial charge < -0.3 is 10.5 Å². The van der Waals surface area contributed by atoms with Crippen LogP contribution < -0.4 is 5.73 Å². The first-order valence-electron chi connectivity index (χ1n) is 6.93. The van der Waals surface area contributed by atoms with Gasteiger partial charge in [0.15, 0.2) is 0 Å². The van der Waals surface area contributed by atoms with Crippen molar-refractivity contribution in [3.63, 3.8) is 0 Å². The Kier molecular flexibility index (Phi) is 4.08. The minimum absolute atomic E-state index is 0.222. The van der Waals surface area contributed by atoms with Crippen molar-refractivity contribution >= 4 is 0 Å². The molecule has 0 amide bonds. The van der Waals surface area contributed by atoms with Crippen molar-refractivity contribution < 1.29 is 4.74 Å². The molecule has 1 aromatic carbocycles. The molecule has 0 spiro atoms. The van der Waals surface area contributed by atoms with Crippen LogP contribution in [-0.4, -0.2) is 13.2 Å². The fourth-order valence-electron chi connectivity index (χ4n) is 2.76. The number of ether oxygens (including phenoxy) is 1. The third kappa shape index (κ3) is 3.12. The average molecular weight is 247 g/mol. The number of nitrogens with two attached hydrogens (primary N) is 1. The standard InChI is InChI=1S/C16H25NO/c1-12-4-5-15(10-13(12)2)16(3,17)11-14-6-8-18-9-7-14/h4-5,10,14H,6-9,11,17H2,1-3H3. The second-order valence-electron chi connectivity index (χ2n) is 5.98. The van der Waals surface area contributed by atoms with Crippen LogP contribution in [0.25, 0.3) is 0 Å². The van der Waals surface area contributed by atoms with Crippen LogP contribution in [0, 0.1) is 19.8 Å². The Morgan fingerprint density at radius 2 is 1.89 bits per heavy atom. The SMILES string of the molecule is Cc1ccc(C(C)(N)CC2CCOCC2)cc1C. The Labute approximate surface area is 111 Å². The summed E-state index contributed by atoms with van der Waals surface area (Å²) in [6.07, 6.45) is 3.36. The lowest BCUT2D eigenvalue weighted by Crippen LogP contribution is -2.36. The van der Waals surface area contributed by atoms with Gasteiger partial charge in [-0.1, -0.05) is 18.2 Å². The highest BCUT2D eigenvalue weighted by molar-refractivity contribution is 5.33. The second-order valence-corrected chi connectivity index (χ2v) is 5.98. The molecule has 0 bridgehead atoms. The molecular weight excluding hydrogens is 222 g/mol. The molecule has 1 aliphatic heterocycles. The summed E-state index contributed by atoms with van der Waals surface area (Å²) in [5.74, 6) is 0.704. The van der Waals surface area contributed by atoms with Gasteiger partial charge >= 0.3 is 0 Å². The van der Waals surface area contributed by atoms with Gasteiger partial charge in [0.25, 0.3) is 0 Å². The number of hydrogen-bond donors (Lipinski definition) is 1. The first kappa shape index (κ1) is 13.6. The lowest BCUT2D eigenvalue weighted by molar-refractivity contribution is 0.0570. The van der Waals surface area contributed by atoms with E-state index in [9.17, 15) is 0 Å². The van der Waals surface area contributed by atoms with Crippen molar-refractivity contribution in [2.45, 2.75) is 45.6 Å². The molecule has 0 aliphatic carbocycles. The molecule has 18 heavy (non-hydrogen) atoms. The van der Waals surface area contributed by atoms with Crippen LogP contribution >= 0.6 is 0 Å². The van der Waals surface area contributed by atoms with Gasteiger partial charge in [-0.05, 0) is 62.6 Å². The molecule has 100 valence electrons. The molecule has 0 radical (unpaired) electrons. The normalized spacial score (nSPS) is 20.7. The minimum Gasteiger partial charge on any atom is -0.381 e. The quantitative estimate of drug-likeness (QED) is 0.889. The van der Waals surface area contributed by atoms with Crippen LogP contribution in [0.5, 0.6) is 0 Å². The van der Waals surface area contributed by atoms with Gasteiger partial charge in [-0.3, -0.25) is 0 Å². The number of aryl methyl sites for hydroxylation is 2. The monoisotopic (exact) mass is 247 g/mol. The van der Waals surface area contributed by atoms with Gasteiger partial charge in [0.05, 0.1) is 0 Å². The smallest absolute Gasteiger partial charge is 0.0468 e. The predicted molar refractivity (Wildman–Crippen MR) is 75.6 cm³/mol. The summed E-state index contributed by atoms with van der Waals surface area (Å²) in [6, 6.07) is 6.61.